The molecule has 0 saturated heterocycles. The van der Waals surface area contributed by atoms with Crippen LogP contribution in [0.4, 0.5) is 19.1 Å². The van der Waals surface area contributed by atoms with Crippen LogP contribution in [0.2, 0.25) is 0 Å². The first kappa shape index (κ1) is 20.6. The number of hydrazine groups is 1. The van der Waals surface area contributed by atoms with Crippen molar-refractivity contribution in [3.05, 3.63) is 64.7 Å². The number of benzene rings is 1. The van der Waals surface area contributed by atoms with E-state index in [0.29, 0.717) is 17.8 Å². The van der Waals surface area contributed by atoms with Crippen molar-refractivity contribution in [2.45, 2.75) is 32.5 Å². The average Bonchev–Trinajstić information content (AvgIpc) is 2.69. The Kier molecular flexibility index (Phi) is 5.47. The SMILES string of the molecule is Cc1c(C(=O)N2CCC(N(N)c3ncccn3)=C(N)C2C)cccc1C(F)(F)F. The zero-order chi connectivity index (χ0) is 21.3. The van der Waals surface area contributed by atoms with Crippen molar-refractivity contribution >= 4 is 11.9 Å². The zero-order valence-corrected chi connectivity index (χ0v) is 15.9. The zero-order valence-electron chi connectivity index (χ0n) is 15.9. The Labute approximate surface area is 165 Å². The standard InChI is InChI=1S/C19H21F3N6O/c1-11-13(5-3-6-14(11)19(20,21)22)17(29)27-10-7-15(16(23)12(27)2)28(24)18-25-8-4-9-26-18/h3-6,8-9,12H,7,10,23-24H2,1-2H3. The van der Waals surface area contributed by atoms with Crippen LogP contribution in [-0.4, -0.2) is 33.4 Å². The van der Waals surface area contributed by atoms with Crippen molar-refractivity contribution in [2.75, 3.05) is 11.6 Å². The van der Waals surface area contributed by atoms with E-state index in [4.69, 9.17) is 11.6 Å². The van der Waals surface area contributed by atoms with Crippen molar-refractivity contribution in [1.82, 2.24) is 14.9 Å². The maximum absolute atomic E-state index is 13.2. The van der Waals surface area contributed by atoms with Crippen LogP contribution in [0.5, 0.6) is 0 Å². The fourth-order valence-corrected chi connectivity index (χ4v) is 3.38. The van der Waals surface area contributed by atoms with Gasteiger partial charge in [0.15, 0.2) is 0 Å². The number of hydrogen-bond acceptors (Lipinski definition) is 6. The first-order valence-electron chi connectivity index (χ1n) is 8.91. The van der Waals surface area contributed by atoms with Gasteiger partial charge in [0.1, 0.15) is 0 Å². The smallest absolute Gasteiger partial charge is 0.399 e. The first-order valence-corrected chi connectivity index (χ1v) is 8.91. The summed E-state index contributed by atoms with van der Waals surface area (Å²) in [6.45, 7) is 3.24. The van der Waals surface area contributed by atoms with Gasteiger partial charge in [0.25, 0.3) is 5.91 Å². The summed E-state index contributed by atoms with van der Waals surface area (Å²) in [4.78, 5) is 22.6. The van der Waals surface area contributed by atoms with E-state index in [1.54, 1.807) is 13.0 Å². The van der Waals surface area contributed by atoms with Crippen LogP contribution in [0.3, 0.4) is 0 Å². The van der Waals surface area contributed by atoms with Gasteiger partial charge in [-0.2, -0.15) is 13.2 Å². The number of rotatable bonds is 3. The molecule has 2 aromatic rings. The van der Waals surface area contributed by atoms with Gasteiger partial charge in [0.05, 0.1) is 23.0 Å². The van der Waals surface area contributed by atoms with Crippen LogP contribution in [0.1, 0.15) is 34.8 Å². The number of halogens is 3. The van der Waals surface area contributed by atoms with Crippen molar-refractivity contribution in [3.63, 3.8) is 0 Å². The molecular formula is C19H21F3N6O. The molecule has 0 aliphatic carbocycles. The highest BCUT2D eigenvalue weighted by Gasteiger charge is 2.36. The van der Waals surface area contributed by atoms with E-state index in [9.17, 15) is 18.0 Å². The van der Waals surface area contributed by atoms with E-state index < -0.39 is 23.7 Å². The predicted octanol–water partition coefficient (Wildman–Crippen LogP) is 2.59. The lowest BCUT2D eigenvalue weighted by molar-refractivity contribution is -0.138. The van der Waals surface area contributed by atoms with Crippen LogP contribution in [0.15, 0.2) is 48.1 Å². The largest absolute Gasteiger partial charge is 0.416 e. The van der Waals surface area contributed by atoms with Crippen molar-refractivity contribution in [1.29, 1.82) is 0 Å². The molecule has 7 nitrogen and oxygen atoms in total. The number of carbonyl (C=O) groups excluding carboxylic acids is 1. The first-order chi connectivity index (χ1) is 13.6. The van der Waals surface area contributed by atoms with Gasteiger partial charge in [-0.15, -0.1) is 0 Å². The van der Waals surface area contributed by atoms with Gasteiger partial charge < -0.3 is 10.6 Å². The molecule has 1 amide bonds. The summed E-state index contributed by atoms with van der Waals surface area (Å²) in [6.07, 6.45) is -1.14. The number of carbonyl (C=O) groups is 1. The third-order valence-electron chi connectivity index (χ3n) is 5.03. The van der Waals surface area contributed by atoms with Gasteiger partial charge in [-0.05, 0) is 37.6 Å². The predicted molar refractivity (Wildman–Crippen MR) is 101 cm³/mol. The number of nitrogens with zero attached hydrogens (tertiary/aromatic N) is 4. The minimum absolute atomic E-state index is 0.000998. The summed E-state index contributed by atoms with van der Waals surface area (Å²) < 4.78 is 39.6. The highest BCUT2D eigenvalue weighted by molar-refractivity contribution is 5.96. The fraction of sp³-hybridized carbons (Fsp3) is 0.316. The van der Waals surface area contributed by atoms with E-state index in [2.05, 4.69) is 9.97 Å². The van der Waals surface area contributed by atoms with E-state index in [1.165, 1.54) is 41.4 Å². The second-order valence-corrected chi connectivity index (χ2v) is 6.72. The molecule has 29 heavy (non-hydrogen) atoms. The Morgan fingerprint density at radius 3 is 2.52 bits per heavy atom. The second kappa shape index (κ2) is 7.70. The summed E-state index contributed by atoms with van der Waals surface area (Å²) in [7, 11) is 0. The average molecular weight is 406 g/mol. The molecule has 1 aliphatic heterocycles. The normalized spacial score (nSPS) is 17.4. The number of anilines is 1. The number of alkyl halides is 3. The molecule has 1 aliphatic rings. The Balaban J connectivity index is 1.90. The van der Waals surface area contributed by atoms with Crippen molar-refractivity contribution in [3.8, 4) is 0 Å². The molecule has 2 heterocycles. The van der Waals surface area contributed by atoms with E-state index in [0.717, 1.165) is 6.07 Å². The van der Waals surface area contributed by atoms with Crippen LogP contribution < -0.4 is 16.6 Å². The monoisotopic (exact) mass is 406 g/mol. The second-order valence-electron chi connectivity index (χ2n) is 6.72. The van der Waals surface area contributed by atoms with Gasteiger partial charge in [-0.25, -0.2) is 20.8 Å². The molecule has 0 fully saturated rings. The third-order valence-corrected chi connectivity index (χ3v) is 5.03. The molecule has 3 rings (SSSR count). The molecular weight excluding hydrogens is 385 g/mol. The lowest BCUT2D eigenvalue weighted by Gasteiger charge is -2.37. The third kappa shape index (κ3) is 3.88. The van der Waals surface area contributed by atoms with Crippen LogP contribution in [0.25, 0.3) is 0 Å². The molecule has 1 atom stereocenters. The summed E-state index contributed by atoms with van der Waals surface area (Å²) in [5.41, 5.74) is 6.20. The van der Waals surface area contributed by atoms with Gasteiger partial charge in [-0.1, -0.05) is 6.07 Å². The molecule has 10 heteroatoms. The fourth-order valence-electron chi connectivity index (χ4n) is 3.38. The van der Waals surface area contributed by atoms with Gasteiger partial charge in [-0.3, -0.25) is 4.79 Å². The van der Waals surface area contributed by atoms with E-state index in [-0.39, 0.29) is 23.6 Å². The number of aromatic nitrogens is 2. The topological polar surface area (TPSA) is 101 Å². The lowest BCUT2D eigenvalue weighted by atomic mass is 9.98. The molecule has 154 valence electrons. The van der Waals surface area contributed by atoms with Crippen LogP contribution >= 0.6 is 0 Å². The van der Waals surface area contributed by atoms with Gasteiger partial charge in [0.2, 0.25) is 5.95 Å². The molecule has 0 saturated carbocycles. The van der Waals surface area contributed by atoms with Gasteiger partial charge in [0, 0.05) is 30.9 Å². The minimum Gasteiger partial charge on any atom is -0.399 e. The van der Waals surface area contributed by atoms with E-state index in [1.807, 2.05) is 0 Å². The summed E-state index contributed by atoms with van der Waals surface area (Å²) in [5.74, 6) is 5.83. The quantitative estimate of drug-likeness (QED) is 0.600. The summed E-state index contributed by atoms with van der Waals surface area (Å²) in [6, 6.07) is 4.68. The molecule has 0 spiro atoms. The highest BCUT2D eigenvalue weighted by atomic mass is 19.4. The molecule has 1 unspecified atom stereocenters. The van der Waals surface area contributed by atoms with Crippen LogP contribution in [0, 0.1) is 6.92 Å². The lowest BCUT2D eigenvalue weighted by Crippen LogP contribution is -2.49. The minimum atomic E-state index is -4.53. The van der Waals surface area contributed by atoms with Crippen molar-refractivity contribution < 1.29 is 18.0 Å². The summed E-state index contributed by atoms with van der Waals surface area (Å²) in [5, 5.41) is 1.27. The molecule has 1 aromatic carbocycles. The molecule has 1 aromatic heterocycles. The van der Waals surface area contributed by atoms with Crippen LogP contribution in [-0.2, 0) is 6.18 Å². The number of nitrogens with two attached hydrogens (primary N) is 2. The molecule has 4 N–H and O–H groups in total. The maximum Gasteiger partial charge on any atom is 0.416 e. The Bertz CT molecular complexity index is 945. The Morgan fingerprint density at radius 1 is 1.24 bits per heavy atom. The van der Waals surface area contributed by atoms with E-state index >= 15 is 0 Å². The highest BCUT2D eigenvalue weighted by Crippen LogP contribution is 2.34. The Morgan fingerprint density at radius 2 is 1.90 bits per heavy atom. The Hall–Kier alpha value is -3.14. The maximum atomic E-state index is 13.2. The molecule has 0 radical (unpaired) electrons. The number of hydrogen-bond donors (Lipinski definition) is 2. The van der Waals surface area contributed by atoms with Gasteiger partial charge >= 0.3 is 6.18 Å². The molecule has 0 bridgehead atoms. The number of amides is 1. The summed E-state index contributed by atoms with van der Waals surface area (Å²) >= 11 is 0. The van der Waals surface area contributed by atoms with Crippen molar-refractivity contribution in [2.24, 2.45) is 11.6 Å².